The van der Waals surface area contributed by atoms with E-state index in [-0.39, 0.29) is 11.9 Å². The van der Waals surface area contributed by atoms with E-state index in [0.717, 1.165) is 24.8 Å². The summed E-state index contributed by atoms with van der Waals surface area (Å²) in [4.78, 5) is 12.0. The number of nitrogens with zero attached hydrogens (tertiary/aromatic N) is 1. The molecule has 5 heteroatoms. The number of hydrogen-bond donors (Lipinski definition) is 0. The molecule has 2 aliphatic rings. The molecule has 0 bridgehead atoms. The molecule has 0 aromatic heterocycles. The number of methoxy groups -OCH3 is 2. The van der Waals surface area contributed by atoms with Gasteiger partial charge in [0.15, 0.2) is 11.5 Å². The number of rotatable bonds is 6. The molecule has 1 aromatic carbocycles. The zero-order chi connectivity index (χ0) is 17.9. The van der Waals surface area contributed by atoms with Crippen molar-refractivity contribution in [1.82, 2.24) is 0 Å². The van der Waals surface area contributed by atoms with Crippen LogP contribution in [0.2, 0.25) is 0 Å². The summed E-state index contributed by atoms with van der Waals surface area (Å²) in [5.74, 6) is 1.55. The van der Waals surface area contributed by atoms with E-state index in [1.165, 1.54) is 20.0 Å². The van der Waals surface area contributed by atoms with Crippen LogP contribution in [0.3, 0.4) is 0 Å². The average Bonchev–Trinajstić information content (AvgIpc) is 3.49. The molecule has 0 saturated heterocycles. The van der Waals surface area contributed by atoms with Crippen molar-refractivity contribution in [2.75, 3.05) is 20.8 Å². The van der Waals surface area contributed by atoms with Crippen LogP contribution in [0.25, 0.3) is 0 Å². The van der Waals surface area contributed by atoms with Crippen LogP contribution in [0.1, 0.15) is 44.1 Å². The summed E-state index contributed by atoms with van der Waals surface area (Å²) < 4.78 is 16.2. The van der Waals surface area contributed by atoms with E-state index >= 15 is 0 Å². The van der Waals surface area contributed by atoms with Crippen LogP contribution < -0.4 is 9.47 Å². The molecule has 0 radical (unpaired) electrons. The minimum atomic E-state index is -0.679. The van der Waals surface area contributed by atoms with Gasteiger partial charge in [-0.2, -0.15) is 5.26 Å². The van der Waals surface area contributed by atoms with E-state index in [1.807, 2.05) is 18.2 Å². The van der Waals surface area contributed by atoms with Crippen molar-refractivity contribution in [3.05, 3.63) is 23.8 Å². The number of benzene rings is 1. The van der Waals surface area contributed by atoms with E-state index in [9.17, 15) is 10.1 Å². The van der Waals surface area contributed by atoms with Crippen molar-refractivity contribution in [2.24, 2.45) is 11.8 Å². The lowest BCUT2D eigenvalue weighted by Crippen LogP contribution is -2.35. The summed E-state index contributed by atoms with van der Waals surface area (Å²) in [7, 11) is 3.02. The summed E-state index contributed by atoms with van der Waals surface area (Å²) in [6, 6.07) is 8.18. The number of carbonyl (C=O) groups is 1. The molecule has 2 aliphatic carbocycles. The fourth-order valence-electron chi connectivity index (χ4n) is 3.65. The third kappa shape index (κ3) is 3.73. The van der Waals surface area contributed by atoms with Crippen LogP contribution in [0, 0.1) is 23.2 Å². The normalized spacial score (nSPS) is 25.7. The molecule has 0 aliphatic heterocycles. The fraction of sp³-hybridized carbons (Fsp3) is 0.600. The van der Waals surface area contributed by atoms with Crippen molar-refractivity contribution in [3.63, 3.8) is 0 Å². The molecule has 2 saturated carbocycles. The van der Waals surface area contributed by atoms with Gasteiger partial charge in [0, 0.05) is 0 Å². The van der Waals surface area contributed by atoms with Crippen molar-refractivity contribution in [1.29, 1.82) is 5.26 Å². The van der Waals surface area contributed by atoms with Gasteiger partial charge < -0.3 is 14.2 Å². The van der Waals surface area contributed by atoms with Gasteiger partial charge >= 0.3 is 5.97 Å². The van der Waals surface area contributed by atoms with Crippen LogP contribution >= 0.6 is 0 Å². The fourth-order valence-corrected chi connectivity index (χ4v) is 3.65. The molecule has 2 atom stereocenters. The molecule has 2 fully saturated rings. The maximum atomic E-state index is 12.0. The molecule has 1 aromatic rings. The van der Waals surface area contributed by atoms with Gasteiger partial charge in [0.05, 0.1) is 38.2 Å². The summed E-state index contributed by atoms with van der Waals surface area (Å²) >= 11 is 0. The Bertz CT molecular complexity index is 677. The maximum absolute atomic E-state index is 12.0. The highest BCUT2D eigenvalue weighted by Gasteiger charge is 2.41. The largest absolute Gasteiger partial charge is 0.493 e. The number of hydrogen-bond acceptors (Lipinski definition) is 5. The molecule has 25 heavy (non-hydrogen) atoms. The summed E-state index contributed by atoms with van der Waals surface area (Å²) in [6.45, 7) is 0.685. The first kappa shape index (κ1) is 17.6. The number of nitriles is 1. The van der Waals surface area contributed by atoms with E-state index in [4.69, 9.17) is 14.2 Å². The lowest BCUT2D eigenvalue weighted by molar-refractivity contribution is -0.147. The summed E-state index contributed by atoms with van der Waals surface area (Å²) in [5.41, 5.74) is 0.219. The zero-order valence-corrected chi connectivity index (χ0v) is 14.9. The van der Waals surface area contributed by atoms with Gasteiger partial charge in [0.2, 0.25) is 0 Å². The van der Waals surface area contributed by atoms with Gasteiger partial charge in [-0.3, -0.25) is 4.79 Å². The second-order valence-corrected chi connectivity index (χ2v) is 7.13. The Kier molecular flexibility index (Phi) is 5.17. The van der Waals surface area contributed by atoms with E-state index in [0.29, 0.717) is 30.4 Å². The Morgan fingerprint density at radius 1 is 1.28 bits per heavy atom. The third-order valence-electron chi connectivity index (χ3n) is 5.39. The molecular weight excluding hydrogens is 318 g/mol. The quantitative estimate of drug-likeness (QED) is 0.738. The SMILES string of the molecule is COC(=O)[C@@H]1CCC[C@](C#N)(c2ccc(OC)c(OCC3CC3)c2)C1. The van der Waals surface area contributed by atoms with E-state index in [1.54, 1.807) is 7.11 Å². The van der Waals surface area contributed by atoms with Crippen LogP contribution in [0.4, 0.5) is 0 Å². The molecule has 0 heterocycles. The Labute approximate surface area is 148 Å². The van der Waals surface area contributed by atoms with Crippen molar-refractivity contribution in [2.45, 2.75) is 43.9 Å². The average molecular weight is 343 g/mol. The second kappa shape index (κ2) is 7.35. The molecule has 3 rings (SSSR count). The highest BCUT2D eigenvalue weighted by Crippen LogP contribution is 2.44. The Morgan fingerprint density at radius 3 is 2.72 bits per heavy atom. The second-order valence-electron chi connectivity index (χ2n) is 7.13. The lowest BCUT2D eigenvalue weighted by atomic mass is 9.66. The monoisotopic (exact) mass is 343 g/mol. The molecule has 0 unspecified atom stereocenters. The topological polar surface area (TPSA) is 68.6 Å². The van der Waals surface area contributed by atoms with Gasteiger partial charge in [-0.1, -0.05) is 12.5 Å². The lowest BCUT2D eigenvalue weighted by Gasteiger charge is -2.35. The van der Waals surface area contributed by atoms with Crippen molar-refractivity contribution in [3.8, 4) is 17.6 Å². The smallest absolute Gasteiger partial charge is 0.308 e. The van der Waals surface area contributed by atoms with Crippen LogP contribution in [-0.4, -0.2) is 26.8 Å². The molecule has 134 valence electrons. The summed E-state index contributed by atoms with van der Waals surface area (Å²) in [5, 5.41) is 9.94. The zero-order valence-electron chi connectivity index (χ0n) is 14.9. The van der Waals surface area contributed by atoms with Crippen LogP contribution in [0.15, 0.2) is 18.2 Å². The first-order valence-corrected chi connectivity index (χ1v) is 8.92. The minimum Gasteiger partial charge on any atom is -0.493 e. The predicted molar refractivity (Wildman–Crippen MR) is 92.5 cm³/mol. The molecule has 5 nitrogen and oxygen atoms in total. The molecule has 0 N–H and O–H groups in total. The first-order valence-electron chi connectivity index (χ1n) is 8.92. The first-order chi connectivity index (χ1) is 12.1. The van der Waals surface area contributed by atoms with E-state index < -0.39 is 5.41 Å². The summed E-state index contributed by atoms with van der Waals surface area (Å²) in [6.07, 6.45) is 5.26. The van der Waals surface area contributed by atoms with Crippen LogP contribution in [0.5, 0.6) is 11.5 Å². The van der Waals surface area contributed by atoms with Gasteiger partial charge in [-0.15, -0.1) is 0 Å². The molecule has 0 amide bonds. The molecule has 0 spiro atoms. The van der Waals surface area contributed by atoms with Gasteiger partial charge in [0.1, 0.15) is 0 Å². The Hall–Kier alpha value is -2.22. The number of ether oxygens (including phenoxy) is 3. The van der Waals surface area contributed by atoms with Gasteiger partial charge in [-0.25, -0.2) is 0 Å². The highest BCUT2D eigenvalue weighted by atomic mass is 16.5. The van der Waals surface area contributed by atoms with Gasteiger partial charge in [-0.05, 0) is 55.7 Å². The van der Waals surface area contributed by atoms with Crippen molar-refractivity contribution < 1.29 is 19.0 Å². The maximum Gasteiger partial charge on any atom is 0.308 e. The predicted octanol–water partition coefficient (Wildman–Crippen LogP) is 3.61. The van der Waals surface area contributed by atoms with Gasteiger partial charge in [0.25, 0.3) is 0 Å². The molecular formula is C20H25NO4. The third-order valence-corrected chi connectivity index (χ3v) is 5.39. The highest BCUT2D eigenvalue weighted by molar-refractivity contribution is 5.73. The Morgan fingerprint density at radius 2 is 2.08 bits per heavy atom. The van der Waals surface area contributed by atoms with Crippen molar-refractivity contribution >= 4 is 5.97 Å². The van der Waals surface area contributed by atoms with Crippen LogP contribution in [-0.2, 0) is 14.9 Å². The standard InChI is InChI=1S/C20H25NO4/c1-23-17-8-7-16(10-18(17)25-12-14-5-6-14)20(13-21)9-3-4-15(11-20)19(22)24-2/h7-8,10,14-15H,3-6,9,11-12H2,1-2H3/t15-,20+/m1/s1. The Balaban J connectivity index is 1.87. The minimum absolute atomic E-state index is 0.224. The number of esters is 1. The number of carbonyl (C=O) groups excluding carboxylic acids is 1. The van der Waals surface area contributed by atoms with E-state index in [2.05, 4.69) is 6.07 Å².